The van der Waals surface area contributed by atoms with E-state index in [0.29, 0.717) is 0 Å². The van der Waals surface area contributed by atoms with Crippen molar-refractivity contribution < 1.29 is 0 Å². The zero-order chi connectivity index (χ0) is 16.9. The number of hydrogen-bond donors (Lipinski definition) is 1. The predicted octanol–water partition coefficient (Wildman–Crippen LogP) is 3.03. The molecular formula is C19H27N5. The van der Waals surface area contributed by atoms with Gasteiger partial charge in [-0.05, 0) is 44.7 Å². The highest BCUT2D eigenvalue weighted by molar-refractivity contribution is 5.62. The Morgan fingerprint density at radius 1 is 1.04 bits per heavy atom. The first kappa shape index (κ1) is 16.7. The number of aryl methyl sites for hydroxylation is 1. The standard InChI is InChI=1S/C19H27N5/c1-4-9-20-18-14-15(2)21-19(22-18)16-5-7-17(8-6-16)24-12-10-23(3)11-13-24/h5-8,14H,4,9-13H2,1-3H3,(H,20,21,22). The van der Waals surface area contributed by atoms with Gasteiger partial charge in [0.2, 0.25) is 0 Å². The van der Waals surface area contributed by atoms with Gasteiger partial charge in [-0.3, -0.25) is 0 Å². The average molecular weight is 325 g/mol. The number of nitrogens with zero attached hydrogens (tertiary/aromatic N) is 4. The molecule has 3 rings (SSSR count). The van der Waals surface area contributed by atoms with Crippen LogP contribution in [0.4, 0.5) is 11.5 Å². The SMILES string of the molecule is CCCNc1cc(C)nc(-c2ccc(N3CCN(C)CC3)cc2)n1. The third-order valence-corrected chi connectivity index (χ3v) is 4.40. The van der Waals surface area contributed by atoms with Crippen LogP contribution in [0.15, 0.2) is 30.3 Å². The molecule has 1 aromatic carbocycles. The van der Waals surface area contributed by atoms with Crippen LogP contribution in [0.5, 0.6) is 0 Å². The molecule has 0 saturated carbocycles. The molecule has 1 aliphatic heterocycles. The highest BCUT2D eigenvalue weighted by Crippen LogP contribution is 2.23. The Labute approximate surface area is 144 Å². The summed E-state index contributed by atoms with van der Waals surface area (Å²) in [5.74, 6) is 1.70. The summed E-state index contributed by atoms with van der Waals surface area (Å²) in [6.07, 6.45) is 1.08. The van der Waals surface area contributed by atoms with Crippen molar-refractivity contribution in [2.24, 2.45) is 0 Å². The molecule has 0 bridgehead atoms. The number of nitrogens with one attached hydrogen (secondary N) is 1. The highest BCUT2D eigenvalue weighted by atomic mass is 15.2. The largest absolute Gasteiger partial charge is 0.370 e. The Morgan fingerprint density at radius 3 is 2.42 bits per heavy atom. The topological polar surface area (TPSA) is 44.3 Å². The molecule has 0 atom stereocenters. The van der Waals surface area contributed by atoms with Gasteiger partial charge in [-0.25, -0.2) is 9.97 Å². The van der Waals surface area contributed by atoms with E-state index < -0.39 is 0 Å². The Balaban J connectivity index is 1.76. The zero-order valence-electron chi connectivity index (χ0n) is 14.9. The van der Waals surface area contributed by atoms with E-state index in [0.717, 1.165) is 62.0 Å². The van der Waals surface area contributed by atoms with Crippen LogP contribution < -0.4 is 10.2 Å². The molecule has 5 heteroatoms. The summed E-state index contributed by atoms with van der Waals surface area (Å²) in [6, 6.07) is 10.6. The van der Waals surface area contributed by atoms with E-state index in [9.17, 15) is 0 Å². The number of anilines is 2. The Hall–Kier alpha value is -2.14. The second-order valence-electron chi connectivity index (χ2n) is 6.48. The van der Waals surface area contributed by atoms with Gasteiger partial charge in [-0.15, -0.1) is 0 Å². The van der Waals surface area contributed by atoms with E-state index in [1.54, 1.807) is 0 Å². The number of piperazine rings is 1. The van der Waals surface area contributed by atoms with E-state index in [4.69, 9.17) is 0 Å². The van der Waals surface area contributed by atoms with Gasteiger partial charge >= 0.3 is 0 Å². The summed E-state index contributed by atoms with van der Waals surface area (Å²) in [5.41, 5.74) is 3.33. The maximum absolute atomic E-state index is 4.65. The first-order valence-electron chi connectivity index (χ1n) is 8.79. The Kier molecular flexibility index (Phi) is 5.30. The molecular weight excluding hydrogens is 298 g/mol. The van der Waals surface area contributed by atoms with Gasteiger partial charge in [0, 0.05) is 55.7 Å². The lowest BCUT2D eigenvalue weighted by Gasteiger charge is -2.34. The van der Waals surface area contributed by atoms with Gasteiger partial charge in [0.15, 0.2) is 5.82 Å². The minimum atomic E-state index is 0.790. The van der Waals surface area contributed by atoms with Crippen molar-refractivity contribution in [2.75, 3.05) is 50.0 Å². The van der Waals surface area contributed by atoms with Crippen LogP contribution in [0.25, 0.3) is 11.4 Å². The lowest BCUT2D eigenvalue weighted by molar-refractivity contribution is 0.313. The fourth-order valence-electron chi connectivity index (χ4n) is 2.93. The van der Waals surface area contributed by atoms with Gasteiger partial charge in [0.1, 0.15) is 5.82 Å². The zero-order valence-corrected chi connectivity index (χ0v) is 14.9. The van der Waals surface area contributed by atoms with Crippen LogP contribution in [-0.2, 0) is 0 Å². The summed E-state index contributed by atoms with van der Waals surface area (Å²) in [5, 5.41) is 3.35. The van der Waals surface area contributed by atoms with Crippen LogP contribution in [0.3, 0.4) is 0 Å². The fraction of sp³-hybridized carbons (Fsp3) is 0.474. The maximum atomic E-state index is 4.65. The minimum absolute atomic E-state index is 0.790. The number of hydrogen-bond acceptors (Lipinski definition) is 5. The van der Waals surface area contributed by atoms with Crippen molar-refractivity contribution in [3.8, 4) is 11.4 Å². The van der Waals surface area contributed by atoms with Crippen molar-refractivity contribution in [2.45, 2.75) is 20.3 Å². The van der Waals surface area contributed by atoms with Crippen molar-refractivity contribution in [3.63, 3.8) is 0 Å². The summed E-state index contributed by atoms with van der Waals surface area (Å²) < 4.78 is 0. The van der Waals surface area contributed by atoms with Crippen molar-refractivity contribution >= 4 is 11.5 Å². The van der Waals surface area contributed by atoms with E-state index in [-0.39, 0.29) is 0 Å². The first-order valence-corrected chi connectivity index (χ1v) is 8.79. The van der Waals surface area contributed by atoms with Gasteiger partial charge in [0.25, 0.3) is 0 Å². The summed E-state index contributed by atoms with van der Waals surface area (Å²) in [6.45, 7) is 9.51. The molecule has 0 unspecified atom stereocenters. The second kappa shape index (κ2) is 7.62. The fourth-order valence-corrected chi connectivity index (χ4v) is 2.93. The van der Waals surface area contributed by atoms with Crippen molar-refractivity contribution in [1.29, 1.82) is 0 Å². The van der Waals surface area contributed by atoms with E-state index in [2.05, 4.69) is 63.3 Å². The molecule has 128 valence electrons. The monoisotopic (exact) mass is 325 g/mol. The van der Waals surface area contributed by atoms with Gasteiger partial charge in [-0.2, -0.15) is 0 Å². The van der Waals surface area contributed by atoms with Gasteiger partial charge in [0.05, 0.1) is 0 Å². The molecule has 2 heterocycles. The molecule has 2 aromatic rings. The van der Waals surface area contributed by atoms with Crippen LogP contribution in [0.1, 0.15) is 19.0 Å². The third-order valence-electron chi connectivity index (χ3n) is 4.40. The number of likely N-dealkylation sites (N-methyl/N-ethyl adjacent to an activating group) is 1. The minimum Gasteiger partial charge on any atom is -0.370 e. The average Bonchev–Trinajstić information content (AvgIpc) is 2.60. The Morgan fingerprint density at radius 2 is 1.75 bits per heavy atom. The first-order chi connectivity index (χ1) is 11.7. The van der Waals surface area contributed by atoms with Crippen LogP contribution in [0, 0.1) is 6.92 Å². The summed E-state index contributed by atoms with van der Waals surface area (Å²) >= 11 is 0. The van der Waals surface area contributed by atoms with Crippen molar-refractivity contribution in [1.82, 2.24) is 14.9 Å². The summed E-state index contributed by atoms with van der Waals surface area (Å²) in [7, 11) is 2.18. The molecule has 24 heavy (non-hydrogen) atoms. The Bertz CT molecular complexity index is 660. The molecule has 1 N–H and O–H groups in total. The summed E-state index contributed by atoms with van der Waals surface area (Å²) in [4.78, 5) is 14.1. The molecule has 0 amide bonds. The maximum Gasteiger partial charge on any atom is 0.161 e. The van der Waals surface area contributed by atoms with Crippen LogP contribution >= 0.6 is 0 Å². The number of benzene rings is 1. The molecule has 0 spiro atoms. The van der Waals surface area contributed by atoms with Gasteiger partial charge < -0.3 is 15.1 Å². The quantitative estimate of drug-likeness (QED) is 0.915. The van der Waals surface area contributed by atoms with Crippen LogP contribution in [0.2, 0.25) is 0 Å². The van der Waals surface area contributed by atoms with Crippen molar-refractivity contribution in [3.05, 3.63) is 36.0 Å². The normalized spacial score (nSPS) is 15.5. The predicted molar refractivity (Wildman–Crippen MR) is 101 cm³/mol. The molecule has 0 radical (unpaired) electrons. The third kappa shape index (κ3) is 4.03. The lowest BCUT2D eigenvalue weighted by atomic mass is 10.1. The van der Waals surface area contributed by atoms with Crippen LogP contribution in [-0.4, -0.2) is 54.6 Å². The molecule has 1 aliphatic rings. The molecule has 1 aromatic heterocycles. The molecule has 1 fully saturated rings. The van der Waals surface area contributed by atoms with Gasteiger partial charge in [-0.1, -0.05) is 6.92 Å². The molecule has 0 aliphatic carbocycles. The van der Waals surface area contributed by atoms with E-state index in [1.807, 2.05) is 13.0 Å². The molecule has 1 saturated heterocycles. The van der Waals surface area contributed by atoms with E-state index in [1.165, 1.54) is 5.69 Å². The smallest absolute Gasteiger partial charge is 0.161 e. The number of rotatable bonds is 5. The second-order valence-corrected chi connectivity index (χ2v) is 6.48. The lowest BCUT2D eigenvalue weighted by Crippen LogP contribution is -2.44. The molecule has 5 nitrogen and oxygen atoms in total. The van der Waals surface area contributed by atoms with E-state index >= 15 is 0 Å². The number of aromatic nitrogens is 2. The highest BCUT2D eigenvalue weighted by Gasteiger charge is 2.14.